The van der Waals surface area contributed by atoms with Gasteiger partial charge in [0.05, 0.1) is 20.8 Å². The second-order valence-corrected chi connectivity index (χ2v) is 5.75. The maximum Gasteiger partial charge on any atom is 0.0653 e. The first-order chi connectivity index (χ1) is 8.97. The number of anilines is 1. The van der Waals surface area contributed by atoms with Gasteiger partial charge < -0.3 is 5.32 Å². The molecular weight excluding hydrogens is 301 g/mol. The Morgan fingerprint density at radius 2 is 1.58 bits per heavy atom. The monoisotopic (exact) mass is 313 g/mol. The first kappa shape index (κ1) is 14.5. The number of benzene rings is 2. The summed E-state index contributed by atoms with van der Waals surface area (Å²) >= 11 is 18.0. The average molecular weight is 315 g/mol. The Hall–Kier alpha value is -0.890. The van der Waals surface area contributed by atoms with Crippen LogP contribution >= 0.6 is 34.8 Å². The van der Waals surface area contributed by atoms with Crippen molar-refractivity contribution in [2.75, 3.05) is 5.32 Å². The molecule has 1 N–H and O–H groups in total. The molecule has 0 heterocycles. The fourth-order valence-corrected chi connectivity index (χ4v) is 2.45. The van der Waals surface area contributed by atoms with Gasteiger partial charge in [0.15, 0.2) is 0 Å². The molecule has 0 aliphatic rings. The van der Waals surface area contributed by atoms with E-state index in [1.54, 1.807) is 12.1 Å². The van der Waals surface area contributed by atoms with Crippen LogP contribution < -0.4 is 5.32 Å². The zero-order chi connectivity index (χ0) is 14.0. The van der Waals surface area contributed by atoms with E-state index in [-0.39, 0.29) is 0 Å². The number of rotatable bonds is 3. The summed E-state index contributed by atoms with van der Waals surface area (Å²) in [5.41, 5.74) is 4.51. The fourth-order valence-electron chi connectivity index (χ4n) is 1.84. The zero-order valence-corrected chi connectivity index (χ0v) is 13.0. The van der Waals surface area contributed by atoms with Crippen molar-refractivity contribution in [3.05, 3.63) is 62.1 Å². The minimum Gasteiger partial charge on any atom is -0.380 e. The van der Waals surface area contributed by atoms with Crippen molar-refractivity contribution < 1.29 is 0 Å². The molecule has 2 aromatic carbocycles. The van der Waals surface area contributed by atoms with Crippen LogP contribution in [-0.2, 0) is 6.54 Å². The zero-order valence-electron chi connectivity index (χ0n) is 10.7. The fraction of sp³-hybridized carbons (Fsp3) is 0.200. The standard InChI is InChI=1S/C15H14Cl3N/c1-9-3-4-10(2)11(5-9)8-19-15-7-13(17)12(16)6-14(15)18/h3-7,19H,8H2,1-2H3. The quantitative estimate of drug-likeness (QED) is 0.698. The lowest BCUT2D eigenvalue weighted by molar-refractivity contribution is 1.11. The minimum absolute atomic E-state index is 0.462. The number of hydrogen-bond acceptors (Lipinski definition) is 1. The molecule has 0 radical (unpaired) electrons. The molecule has 0 fully saturated rings. The molecule has 0 spiro atoms. The van der Waals surface area contributed by atoms with Crippen LogP contribution in [0.15, 0.2) is 30.3 Å². The Kier molecular flexibility index (Phi) is 4.62. The Morgan fingerprint density at radius 3 is 2.32 bits per heavy atom. The molecule has 4 heteroatoms. The predicted molar refractivity (Wildman–Crippen MR) is 84.7 cm³/mol. The Labute approximate surface area is 128 Å². The van der Waals surface area contributed by atoms with Gasteiger partial charge in [0, 0.05) is 6.54 Å². The maximum atomic E-state index is 6.13. The van der Waals surface area contributed by atoms with Crippen molar-refractivity contribution in [2.24, 2.45) is 0 Å². The van der Waals surface area contributed by atoms with Crippen LogP contribution in [0, 0.1) is 13.8 Å². The van der Waals surface area contributed by atoms with E-state index in [1.807, 2.05) is 0 Å². The lowest BCUT2D eigenvalue weighted by Gasteiger charge is -2.12. The molecule has 0 amide bonds. The van der Waals surface area contributed by atoms with E-state index in [9.17, 15) is 0 Å². The molecule has 0 atom stereocenters. The Morgan fingerprint density at radius 1 is 0.895 bits per heavy atom. The van der Waals surface area contributed by atoms with Gasteiger partial charge in [0.25, 0.3) is 0 Å². The van der Waals surface area contributed by atoms with Gasteiger partial charge in [-0.1, -0.05) is 58.6 Å². The van der Waals surface area contributed by atoms with Crippen LogP contribution in [0.4, 0.5) is 5.69 Å². The summed E-state index contributed by atoms with van der Waals surface area (Å²) in [6.07, 6.45) is 0. The number of halogens is 3. The molecule has 2 aromatic rings. The summed E-state index contributed by atoms with van der Waals surface area (Å²) < 4.78 is 0. The van der Waals surface area contributed by atoms with E-state index >= 15 is 0 Å². The van der Waals surface area contributed by atoms with Gasteiger partial charge in [0.2, 0.25) is 0 Å². The van der Waals surface area contributed by atoms with Gasteiger partial charge in [-0.3, -0.25) is 0 Å². The SMILES string of the molecule is Cc1ccc(C)c(CNc2cc(Cl)c(Cl)cc2Cl)c1. The molecule has 0 aromatic heterocycles. The molecule has 0 aliphatic heterocycles. The van der Waals surface area contributed by atoms with E-state index in [0.717, 1.165) is 5.69 Å². The molecule has 0 aliphatic carbocycles. The van der Waals surface area contributed by atoms with Crippen LogP contribution in [0.5, 0.6) is 0 Å². The van der Waals surface area contributed by atoms with Gasteiger partial charge in [-0.05, 0) is 37.1 Å². The van der Waals surface area contributed by atoms with E-state index in [4.69, 9.17) is 34.8 Å². The van der Waals surface area contributed by atoms with Crippen molar-refractivity contribution in [1.29, 1.82) is 0 Å². The second kappa shape index (κ2) is 6.04. The molecule has 0 saturated carbocycles. The third-order valence-electron chi connectivity index (χ3n) is 2.98. The molecule has 19 heavy (non-hydrogen) atoms. The van der Waals surface area contributed by atoms with Gasteiger partial charge in [0.1, 0.15) is 0 Å². The van der Waals surface area contributed by atoms with Crippen molar-refractivity contribution in [3.8, 4) is 0 Å². The lowest BCUT2D eigenvalue weighted by atomic mass is 10.1. The summed E-state index contributed by atoms with van der Waals surface area (Å²) in [4.78, 5) is 0. The summed E-state index contributed by atoms with van der Waals surface area (Å²) in [5.74, 6) is 0. The van der Waals surface area contributed by atoms with Crippen LogP contribution in [0.1, 0.15) is 16.7 Å². The first-order valence-electron chi connectivity index (χ1n) is 5.92. The van der Waals surface area contributed by atoms with Crippen molar-refractivity contribution >= 4 is 40.5 Å². The molecule has 1 nitrogen and oxygen atoms in total. The predicted octanol–water partition coefficient (Wildman–Crippen LogP) is 5.88. The summed E-state index contributed by atoms with van der Waals surface area (Å²) in [6, 6.07) is 9.77. The average Bonchev–Trinajstić information content (AvgIpc) is 2.36. The normalized spacial score (nSPS) is 10.6. The highest BCUT2D eigenvalue weighted by Gasteiger charge is 2.06. The highest BCUT2D eigenvalue weighted by atomic mass is 35.5. The van der Waals surface area contributed by atoms with Gasteiger partial charge in [-0.15, -0.1) is 0 Å². The number of hydrogen-bond donors (Lipinski definition) is 1. The Balaban J connectivity index is 2.19. The molecule has 100 valence electrons. The van der Waals surface area contributed by atoms with Crippen LogP contribution in [-0.4, -0.2) is 0 Å². The van der Waals surface area contributed by atoms with Gasteiger partial charge >= 0.3 is 0 Å². The molecule has 0 bridgehead atoms. The van der Waals surface area contributed by atoms with E-state index < -0.39 is 0 Å². The highest BCUT2D eigenvalue weighted by Crippen LogP contribution is 2.32. The van der Waals surface area contributed by atoms with Crippen LogP contribution in [0.3, 0.4) is 0 Å². The first-order valence-corrected chi connectivity index (χ1v) is 7.05. The van der Waals surface area contributed by atoms with E-state index in [2.05, 4.69) is 37.4 Å². The summed E-state index contributed by atoms with van der Waals surface area (Å²) in [7, 11) is 0. The van der Waals surface area contributed by atoms with Crippen molar-refractivity contribution in [2.45, 2.75) is 20.4 Å². The summed E-state index contributed by atoms with van der Waals surface area (Å²) in [6.45, 7) is 4.87. The number of aryl methyl sites for hydroxylation is 2. The largest absolute Gasteiger partial charge is 0.380 e. The van der Waals surface area contributed by atoms with Crippen molar-refractivity contribution in [3.63, 3.8) is 0 Å². The summed E-state index contributed by atoms with van der Waals surface area (Å²) in [5, 5.41) is 4.82. The molecule has 0 saturated heterocycles. The van der Waals surface area contributed by atoms with Crippen LogP contribution in [0.25, 0.3) is 0 Å². The second-order valence-electron chi connectivity index (χ2n) is 4.53. The minimum atomic E-state index is 0.462. The Bertz CT molecular complexity index is 609. The topological polar surface area (TPSA) is 12.0 Å². The highest BCUT2D eigenvalue weighted by molar-refractivity contribution is 6.44. The molecule has 0 unspecified atom stereocenters. The smallest absolute Gasteiger partial charge is 0.0653 e. The number of nitrogens with one attached hydrogen (secondary N) is 1. The third-order valence-corrected chi connectivity index (χ3v) is 4.02. The molecular formula is C15H14Cl3N. The van der Waals surface area contributed by atoms with Gasteiger partial charge in [-0.2, -0.15) is 0 Å². The third kappa shape index (κ3) is 3.56. The molecule has 2 rings (SSSR count). The van der Waals surface area contributed by atoms with E-state index in [1.165, 1.54) is 16.7 Å². The maximum absolute atomic E-state index is 6.13. The van der Waals surface area contributed by atoms with Gasteiger partial charge in [-0.25, -0.2) is 0 Å². The lowest BCUT2D eigenvalue weighted by Crippen LogP contribution is -2.02. The van der Waals surface area contributed by atoms with Crippen LogP contribution in [0.2, 0.25) is 15.1 Å². The van der Waals surface area contributed by atoms with Crippen molar-refractivity contribution in [1.82, 2.24) is 0 Å². The van der Waals surface area contributed by atoms with E-state index in [0.29, 0.717) is 21.6 Å².